The van der Waals surface area contributed by atoms with E-state index in [0.29, 0.717) is 27.5 Å². The monoisotopic (exact) mass is 1090 g/mol. The predicted molar refractivity (Wildman–Crippen MR) is 281 cm³/mol. The molecule has 2 aliphatic heterocycles. The fourth-order valence-corrected chi connectivity index (χ4v) is 10.4. The highest BCUT2D eigenvalue weighted by atomic mass is 32.2. The molecule has 2 aromatic carbocycles. The van der Waals surface area contributed by atoms with Crippen molar-refractivity contribution in [2.45, 2.75) is 97.1 Å². The second-order valence-electron chi connectivity index (χ2n) is 19.0. The van der Waals surface area contributed by atoms with Crippen LogP contribution in [0.4, 0.5) is 9.93 Å². The fourth-order valence-electron chi connectivity index (χ4n) is 6.98. The molecule has 2 aromatic heterocycles. The van der Waals surface area contributed by atoms with Gasteiger partial charge in [-0.3, -0.25) is 29.6 Å². The number of oxime groups is 1. The van der Waals surface area contributed by atoms with Gasteiger partial charge in [-0.2, -0.15) is 0 Å². The van der Waals surface area contributed by atoms with E-state index in [1.807, 2.05) is 6.92 Å². The number of thioether (sulfide) groups is 1. The number of ketones is 1. The summed E-state index contributed by atoms with van der Waals surface area (Å²) in [5.74, 6) is -2.41. The number of benzene rings is 2. The number of anilines is 1. The molecular formula is C49H58N10O13S3. The first-order valence-electron chi connectivity index (χ1n) is 23.0. The average molecular weight is 1090 g/mol. The maximum atomic E-state index is 14.6. The summed E-state index contributed by atoms with van der Waals surface area (Å²) in [5.41, 5.74) is -2.46. The lowest BCUT2D eigenvalue weighted by Crippen LogP contribution is -2.74. The van der Waals surface area contributed by atoms with Crippen molar-refractivity contribution >= 4 is 86.7 Å². The van der Waals surface area contributed by atoms with Crippen LogP contribution < -0.4 is 20.1 Å². The number of thiazole rings is 1. The number of allylic oxidation sites excluding steroid dienone is 3. The molecule has 1 saturated heterocycles. The number of carbonyl (C=O) groups is 5. The molecular weight excluding hydrogens is 1030 g/mol. The number of hydrogen-bond acceptors (Lipinski definition) is 21. The van der Waals surface area contributed by atoms with Gasteiger partial charge in [-0.1, -0.05) is 17.3 Å². The highest BCUT2D eigenvalue weighted by Gasteiger charge is 2.61. The lowest BCUT2D eigenvalue weighted by Gasteiger charge is -2.49. The number of aromatic nitrogens is 5. The topological polar surface area (TPSA) is 304 Å². The van der Waals surface area contributed by atoms with E-state index in [9.17, 15) is 38.7 Å². The highest BCUT2D eigenvalue weighted by Crippen LogP contribution is 2.42. The molecule has 2 aliphatic rings. The first-order valence-corrected chi connectivity index (χ1v) is 26.2. The molecule has 3 atom stereocenters. The minimum Gasteiger partial charge on any atom is -0.614 e. The Morgan fingerprint density at radius 3 is 2.40 bits per heavy atom. The van der Waals surface area contributed by atoms with Crippen LogP contribution in [0.2, 0.25) is 0 Å². The molecule has 26 heteroatoms. The third-order valence-corrected chi connectivity index (χ3v) is 14.0. The summed E-state index contributed by atoms with van der Waals surface area (Å²) in [7, 11) is 3.03. The standard InChI is InChI=1S/C49H58N10O13S3/c1-12-13-31(18-19-50-22-35(62)27-15-17-33(60)34(61)20-27)73-24-29-26-75(67)43-38(42(64)59(43)39(29)40-54-56-57-58(40)23-28-14-16-30(68-10)21-36(28)69-11)52-41(63)37(55-72-49(8,9)44(65)70-47(2,3)4)32-25-74-45(51-32)53-46(66)71-48(5,6)7/h12-21,25,38,43,60-61H,22-24,26H2,1-11H3,(H,52,63)(H,51,53,66)/b13-12-,31-18+,50-19+,55-37-/t38-,43-,75?/m1/s1. The number of hydrogen-bond donors (Lipinski definition) is 4. The van der Waals surface area contributed by atoms with Crippen LogP contribution in [0.5, 0.6) is 23.0 Å². The second-order valence-corrected chi connectivity index (χ2v) is 22.5. The molecule has 23 nitrogen and oxygen atoms in total. The van der Waals surface area contributed by atoms with Gasteiger partial charge in [0, 0.05) is 45.0 Å². The van der Waals surface area contributed by atoms with Crippen molar-refractivity contribution in [3.8, 4) is 23.0 Å². The van der Waals surface area contributed by atoms with Gasteiger partial charge < -0.3 is 43.9 Å². The lowest BCUT2D eigenvalue weighted by atomic mass is 10.0. The summed E-state index contributed by atoms with van der Waals surface area (Å²) in [6.45, 7) is 14.5. The molecule has 3 amide bonds. The van der Waals surface area contributed by atoms with Gasteiger partial charge in [-0.25, -0.2) is 19.3 Å². The number of fused-ring (bicyclic) bond motifs is 1. The Hall–Kier alpha value is -7.29. The predicted octanol–water partition coefficient (Wildman–Crippen LogP) is 5.77. The molecule has 4 N–H and O–H groups in total. The van der Waals surface area contributed by atoms with E-state index in [-0.39, 0.29) is 58.3 Å². The Kier molecular flexibility index (Phi) is 18.2. The number of nitrogens with zero attached hydrogens (tertiary/aromatic N) is 8. The molecule has 0 radical (unpaired) electrons. The third kappa shape index (κ3) is 14.5. The number of aliphatic imine (C=N–C) groups is 1. The van der Waals surface area contributed by atoms with Crippen LogP contribution in [-0.4, -0.2) is 147 Å². The van der Waals surface area contributed by atoms with Crippen LogP contribution in [0, 0.1) is 0 Å². The molecule has 6 rings (SSSR count). The number of β-lactam (4-membered cyclic amide) rings is 1. The smallest absolute Gasteiger partial charge is 0.413 e. The molecule has 0 saturated carbocycles. The minimum absolute atomic E-state index is 0.0259. The maximum Gasteiger partial charge on any atom is 0.413 e. The van der Waals surface area contributed by atoms with Crippen LogP contribution >= 0.6 is 23.1 Å². The van der Waals surface area contributed by atoms with Gasteiger partial charge in [0.2, 0.25) is 11.0 Å². The minimum atomic E-state index is -1.85. The van der Waals surface area contributed by atoms with Gasteiger partial charge in [0.15, 0.2) is 40.0 Å². The van der Waals surface area contributed by atoms with Gasteiger partial charge in [-0.15, -0.1) is 28.2 Å². The van der Waals surface area contributed by atoms with Crippen molar-refractivity contribution < 1.29 is 62.5 Å². The number of amides is 3. The van der Waals surface area contributed by atoms with Crippen LogP contribution in [0.15, 0.2) is 80.6 Å². The highest BCUT2D eigenvalue weighted by molar-refractivity contribution is 8.03. The summed E-state index contributed by atoms with van der Waals surface area (Å²) >= 11 is 0.402. The van der Waals surface area contributed by atoms with E-state index in [1.165, 1.54) is 73.1 Å². The van der Waals surface area contributed by atoms with E-state index < -0.39 is 80.5 Å². The van der Waals surface area contributed by atoms with Gasteiger partial charge in [0.1, 0.15) is 40.7 Å². The Morgan fingerprint density at radius 1 is 1.00 bits per heavy atom. The summed E-state index contributed by atoms with van der Waals surface area (Å²) in [4.78, 5) is 83.8. The van der Waals surface area contributed by atoms with E-state index in [2.05, 4.69) is 41.3 Å². The number of phenols is 2. The van der Waals surface area contributed by atoms with Crippen molar-refractivity contribution in [3.05, 3.63) is 93.1 Å². The van der Waals surface area contributed by atoms with E-state index in [4.69, 9.17) is 23.8 Å². The van der Waals surface area contributed by atoms with Crippen molar-refractivity contribution in [1.82, 2.24) is 35.4 Å². The van der Waals surface area contributed by atoms with Crippen molar-refractivity contribution in [2.24, 2.45) is 10.1 Å². The van der Waals surface area contributed by atoms with Crippen LogP contribution in [0.25, 0.3) is 5.70 Å². The zero-order chi connectivity index (χ0) is 55.0. The average Bonchev–Trinajstić information content (AvgIpc) is 4.00. The summed E-state index contributed by atoms with van der Waals surface area (Å²) in [5, 5.41) is 41.6. The number of nitrogens with one attached hydrogen (secondary N) is 2. The molecule has 4 aromatic rings. The fraction of sp³-hybridized carbons (Fsp3) is 0.408. The zero-order valence-corrected chi connectivity index (χ0v) is 45.5. The second kappa shape index (κ2) is 23.9. The van der Waals surface area contributed by atoms with Crippen LogP contribution in [0.1, 0.15) is 89.8 Å². The van der Waals surface area contributed by atoms with Gasteiger partial charge in [-0.05, 0) is 120 Å². The van der Waals surface area contributed by atoms with Crippen molar-refractivity contribution in [2.75, 3.05) is 37.6 Å². The quantitative estimate of drug-likeness (QED) is 0.0119. The molecule has 1 fully saturated rings. The van der Waals surface area contributed by atoms with Gasteiger partial charge in [0.05, 0.1) is 26.5 Å². The van der Waals surface area contributed by atoms with Crippen molar-refractivity contribution in [3.63, 3.8) is 0 Å². The molecule has 1 unspecified atom stereocenters. The first kappa shape index (κ1) is 57.0. The van der Waals surface area contributed by atoms with E-state index >= 15 is 0 Å². The Bertz CT molecular complexity index is 2970. The zero-order valence-electron chi connectivity index (χ0n) is 43.0. The SMILES string of the molecule is C\C=C/C(=C\C=N\CC(=O)c1ccc(O)c(O)c1)SCC1=C(c2nnnn2Cc2ccc(OC)cc2OC)N2C(=O)[C@@H](NC(=O)/C(=N\OC(C)(C)C(=O)OC(C)(C)C)c3csc(NC(=O)OC(C)(C)C)n3)[C@H]2[S+]([O-])C1. The van der Waals surface area contributed by atoms with E-state index in [1.54, 1.807) is 78.0 Å². The number of methoxy groups -OCH3 is 2. The number of ether oxygens (including phenoxy) is 4. The largest absolute Gasteiger partial charge is 0.614 e. The number of aromatic hydroxyl groups is 2. The maximum absolute atomic E-state index is 14.6. The third-order valence-electron chi connectivity index (χ3n) is 10.5. The number of phenolic OH excluding ortho intramolecular Hbond substituents is 2. The Labute approximate surface area is 443 Å². The normalized spacial score (nSPS) is 17.4. The van der Waals surface area contributed by atoms with Gasteiger partial charge >= 0.3 is 12.1 Å². The molecule has 0 aliphatic carbocycles. The number of Topliss-reactive ketones (excluding diaryl/α,β-unsaturated/α-hetero) is 1. The molecule has 400 valence electrons. The van der Waals surface area contributed by atoms with Crippen molar-refractivity contribution in [1.29, 1.82) is 0 Å². The molecule has 4 heterocycles. The summed E-state index contributed by atoms with van der Waals surface area (Å²) in [6.07, 6.45) is 5.90. The molecule has 75 heavy (non-hydrogen) atoms. The summed E-state index contributed by atoms with van der Waals surface area (Å²) in [6, 6.07) is 7.57. The Morgan fingerprint density at radius 2 is 1.73 bits per heavy atom. The van der Waals surface area contributed by atoms with Crippen LogP contribution in [-0.2, 0) is 46.4 Å². The summed E-state index contributed by atoms with van der Waals surface area (Å²) < 4.78 is 37.8. The Balaban J connectivity index is 1.33. The number of rotatable bonds is 20. The van der Waals surface area contributed by atoms with Crippen LogP contribution in [0.3, 0.4) is 0 Å². The molecule has 0 spiro atoms. The number of carbonyl (C=O) groups excluding carboxylic acids is 5. The lowest BCUT2D eigenvalue weighted by molar-refractivity contribution is -0.179. The number of esters is 1. The van der Waals surface area contributed by atoms with E-state index in [0.717, 1.165) is 17.4 Å². The molecule has 0 bridgehead atoms. The number of tetrazole rings is 1. The first-order chi connectivity index (χ1) is 35.3. The van der Waals surface area contributed by atoms with Gasteiger partial charge in [0.25, 0.3) is 11.8 Å².